The molecule has 0 fully saturated rings. The number of hydrogen-bond donors (Lipinski definition) is 0. The number of hydrogen-bond acceptors (Lipinski definition) is 3. The zero-order valence-electron chi connectivity index (χ0n) is 9.64. The van der Waals surface area contributed by atoms with Crippen LogP contribution >= 0.6 is 0 Å². The standard InChI is InChI=1S/C11H9NO2.Rb.Re/c1-6-4-9-10(5-7(6)2)12-8(3)14-11(9)13;;/h1-3H3;;/q-2;+1;. The van der Waals surface area contributed by atoms with Gasteiger partial charge in [-0.25, -0.2) is 11.1 Å². The summed E-state index contributed by atoms with van der Waals surface area (Å²) in [5.74, 6) is 0.357. The van der Waals surface area contributed by atoms with Crippen molar-refractivity contribution in [3.8, 4) is 0 Å². The summed E-state index contributed by atoms with van der Waals surface area (Å²) in [4.78, 5) is 15.5. The monoisotopic (exact) mass is 459 g/mol. The van der Waals surface area contributed by atoms with Crippen molar-refractivity contribution in [2.75, 3.05) is 0 Å². The van der Waals surface area contributed by atoms with E-state index in [9.17, 15) is 4.79 Å². The largest absolute Gasteiger partial charge is 1.00 e. The van der Waals surface area contributed by atoms with E-state index < -0.39 is 5.63 Å². The van der Waals surface area contributed by atoms with Crippen LogP contribution in [0.2, 0.25) is 0 Å². The molecule has 0 unspecified atom stereocenters. The molecule has 0 N–H and O–H groups in total. The first-order valence-electron chi connectivity index (χ1n) is 4.31. The van der Waals surface area contributed by atoms with Crippen LogP contribution in [0.1, 0.15) is 17.0 Å². The molecule has 0 aliphatic carbocycles. The van der Waals surface area contributed by atoms with E-state index in [0.717, 1.165) is 11.1 Å². The van der Waals surface area contributed by atoms with Crippen LogP contribution in [-0.2, 0) is 20.4 Å². The van der Waals surface area contributed by atoms with Gasteiger partial charge in [0.2, 0.25) is 5.63 Å². The Bertz CT molecular complexity index is 566. The van der Waals surface area contributed by atoms with Crippen LogP contribution in [0.5, 0.6) is 0 Å². The second kappa shape index (κ2) is 6.68. The molecule has 0 saturated heterocycles. The molecular weight excluding hydrogens is 450 g/mol. The molecule has 0 bridgehead atoms. The smallest absolute Gasteiger partial charge is 0.464 e. The Morgan fingerprint density at radius 1 is 1.12 bits per heavy atom. The third-order valence-corrected chi connectivity index (χ3v) is 2.13. The number of rotatable bonds is 0. The normalized spacial score (nSPS) is 9.44. The summed E-state index contributed by atoms with van der Waals surface area (Å²) in [7, 11) is 0. The van der Waals surface area contributed by atoms with E-state index in [0.29, 0.717) is 16.8 Å². The van der Waals surface area contributed by atoms with E-state index >= 15 is 0 Å². The molecule has 1 heterocycles. The van der Waals surface area contributed by atoms with Gasteiger partial charge in [0, 0.05) is 27.3 Å². The molecule has 0 aliphatic heterocycles. The zero-order valence-corrected chi connectivity index (χ0v) is 17.3. The van der Waals surface area contributed by atoms with Crippen molar-refractivity contribution in [2.24, 2.45) is 0 Å². The minimum Gasteiger partial charge on any atom is -0.464 e. The quantitative estimate of drug-likeness (QED) is 0.462. The van der Waals surface area contributed by atoms with Crippen molar-refractivity contribution in [3.63, 3.8) is 0 Å². The summed E-state index contributed by atoms with van der Waals surface area (Å²) < 4.78 is 4.87. The van der Waals surface area contributed by atoms with Gasteiger partial charge in [-0.1, -0.05) is 6.92 Å². The Balaban J connectivity index is 0.00000112. The molecule has 0 spiro atoms. The zero-order chi connectivity index (χ0) is 10.3. The molecule has 3 nitrogen and oxygen atoms in total. The molecule has 0 atom stereocenters. The van der Waals surface area contributed by atoms with Crippen molar-refractivity contribution in [1.29, 1.82) is 0 Å². The molecule has 5 heteroatoms. The van der Waals surface area contributed by atoms with Crippen molar-refractivity contribution in [2.45, 2.75) is 20.8 Å². The van der Waals surface area contributed by atoms with Crippen molar-refractivity contribution >= 4 is 10.9 Å². The number of aromatic nitrogens is 1. The number of aryl methyl sites for hydroxylation is 3. The molecule has 0 saturated carbocycles. The first-order chi connectivity index (χ1) is 6.58. The fraction of sp³-hybridized carbons (Fsp3) is 0.273. The predicted molar refractivity (Wildman–Crippen MR) is 52.2 cm³/mol. The molecule has 2 aromatic rings. The Hall–Kier alpha value is 0.828. The van der Waals surface area contributed by atoms with E-state index in [4.69, 9.17) is 4.42 Å². The first-order valence-corrected chi connectivity index (χ1v) is 4.31. The van der Waals surface area contributed by atoms with Gasteiger partial charge in [-0.05, 0) is 0 Å². The number of nitrogens with zero attached hydrogens (tertiary/aromatic N) is 1. The van der Waals surface area contributed by atoms with E-state index in [2.05, 4.69) is 17.1 Å². The Morgan fingerprint density at radius 3 is 2.31 bits per heavy atom. The van der Waals surface area contributed by atoms with Crippen molar-refractivity contribution in [1.82, 2.24) is 4.98 Å². The van der Waals surface area contributed by atoms with Crippen LogP contribution in [0, 0.1) is 32.9 Å². The molecule has 0 amide bonds. The van der Waals surface area contributed by atoms with Gasteiger partial charge in [0.15, 0.2) is 5.89 Å². The summed E-state index contributed by atoms with van der Waals surface area (Å²) >= 11 is 0. The first kappa shape index (κ1) is 16.8. The molecule has 2 rings (SSSR count). The van der Waals surface area contributed by atoms with Gasteiger partial charge in [0.25, 0.3) is 0 Å². The van der Waals surface area contributed by atoms with Crippen LogP contribution in [0.4, 0.5) is 0 Å². The summed E-state index contributed by atoms with van der Waals surface area (Å²) in [5.41, 5.74) is 1.99. The molecule has 1 aromatic heterocycles. The maximum absolute atomic E-state index is 11.4. The molecule has 79 valence electrons. The van der Waals surface area contributed by atoms with Crippen molar-refractivity contribution < 1.29 is 83.0 Å². The van der Waals surface area contributed by atoms with Gasteiger partial charge in [-0.2, -0.15) is 5.39 Å². The van der Waals surface area contributed by atoms with Gasteiger partial charge in [-0.3, -0.25) is 17.1 Å². The van der Waals surface area contributed by atoms with Crippen LogP contribution in [-0.4, -0.2) is 4.98 Å². The SMILES string of the molecule is Cc1nc2[c-]c(C)c(C)[c-]c2c(=O)o1.[Rb+].[Re]. The Kier molecular flexibility index (Phi) is 7.02. The van der Waals surface area contributed by atoms with Crippen LogP contribution in [0.25, 0.3) is 10.9 Å². The van der Waals surface area contributed by atoms with Gasteiger partial charge < -0.3 is 9.21 Å². The summed E-state index contributed by atoms with van der Waals surface area (Å²) in [6, 6.07) is 5.99. The van der Waals surface area contributed by atoms with Crippen LogP contribution in [0.3, 0.4) is 0 Å². The van der Waals surface area contributed by atoms with E-state index in [1.807, 2.05) is 13.8 Å². The Morgan fingerprint density at radius 2 is 1.69 bits per heavy atom. The average molecular weight is 459 g/mol. The fourth-order valence-electron chi connectivity index (χ4n) is 1.27. The fourth-order valence-corrected chi connectivity index (χ4v) is 1.27. The summed E-state index contributed by atoms with van der Waals surface area (Å²) in [6.07, 6.45) is 0. The second-order valence-corrected chi connectivity index (χ2v) is 3.24. The molecular formula is C11H9NO2RbRe-. The molecule has 0 aliphatic rings. The number of benzene rings is 1. The van der Waals surface area contributed by atoms with Gasteiger partial charge in [-0.15, -0.1) is 12.4 Å². The third kappa shape index (κ3) is 3.41. The topological polar surface area (TPSA) is 43.1 Å². The van der Waals surface area contributed by atoms with Crippen molar-refractivity contribution in [3.05, 3.63) is 39.6 Å². The molecule has 1 aromatic carbocycles. The minimum absolute atomic E-state index is 0. The summed E-state index contributed by atoms with van der Waals surface area (Å²) in [5, 5.41) is 0.374. The maximum Gasteiger partial charge on any atom is 1.00 e. The predicted octanol–water partition coefficient (Wildman–Crippen LogP) is -1.28. The maximum atomic E-state index is 11.4. The second-order valence-electron chi connectivity index (χ2n) is 3.24. The number of fused-ring (bicyclic) bond motifs is 1. The minimum atomic E-state index is -0.396. The average Bonchev–Trinajstić information content (AvgIpc) is 2.08. The third-order valence-electron chi connectivity index (χ3n) is 2.13. The molecule has 1 radical (unpaired) electrons. The van der Waals surface area contributed by atoms with Crippen LogP contribution < -0.4 is 63.8 Å². The van der Waals surface area contributed by atoms with E-state index in [1.165, 1.54) is 0 Å². The molecule has 16 heavy (non-hydrogen) atoms. The van der Waals surface area contributed by atoms with Gasteiger partial charge in [0.05, 0.1) is 0 Å². The summed E-state index contributed by atoms with van der Waals surface area (Å²) in [6.45, 7) is 5.44. The van der Waals surface area contributed by atoms with Gasteiger partial charge >= 0.3 is 58.2 Å². The van der Waals surface area contributed by atoms with E-state index in [1.54, 1.807) is 6.92 Å². The Labute approximate surface area is 156 Å². The van der Waals surface area contributed by atoms with E-state index in [-0.39, 0.29) is 78.6 Å². The van der Waals surface area contributed by atoms with Crippen LogP contribution in [0.15, 0.2) is 9.21 Å². The van der Waals surface area contributed by atoms with Gasteiger partial charge in [0.1, 0.15) is 0 Å².